The van der Waals surface area contributed by atoms with Gasteiger partial charge in [-0.05, 0) is 46.3 Å². The average Bonchev–Trinajstić information content (AvgIpc) is 3.00. The van der Waals surface area contributed by atoms with Crippen molar-refractivity contribution in [1.82, 2.24) is 0 Å². The van der Waals surface area contributed by atoms with Crippen LogP contribution in [0.4, 0.5) is 0 Å². The van der Waals surface area contributed by atoms with Gasteiger partial charge in [-0.15, -0.1) is 0 Å². The summed E-state index contributed by atoms with van der Waals surface area (Å²) in [6.07, 6.45) is 1.69. The molecule has 0 aliphatic rings. The Balaban J connectivity index is 2.16. The van der Waals surface area contributed by atoms with E-state index in [1.165, 1.54) is 6.08 Å². The fraction of sp³-hybridized carbons (Fsp3) is 0.432. The molecule has 6 heteroatoms. The highest BCUT2D eigenvalue weighted by Crippen LogP contribution is 2.45. The summed E-state index contributed by atoms with van der Waals surface area (Å²) in [7, 11) is -2.45. The molecule has 0 saturated heterocycles. The number of ether oxygens (including phenoxy) is 3. The third kappa shape index (κ3) is 9.73. The smallest absolute Gasteiger partial charge is 0.330 e. The van der Waals surface area contributed by atoms with Crippen LogP contribution in [0.25, 0.3) is 0 Å². The zero-order chi connectivity index (χ0) is 31.2. The van der Waals surface area contributed by atoms with Crippen LogP contribution in [0.15, 0.2) is 103 Å². The van der Waals surface area contributed by atoms with Crippen molar-refractivity contribution in [3.63, 3.8) is 0 Å². The van der Waals surface area contributed by atoms with Crippen LogP contribution in [0.2, 0.25) is 16.6 Å². The molecule has 0 saturated carbocycles. The summed E-state index contributed by atoms with van der Waals surface area (Å²) in [4.78, 5) is 12.6. The molecule has 3 aromatic rings. The fourth-order valence-electron chi connectivity index (χ4n) is 6.12. The van der Waals surface area contributed by atoms with E-state index < -0.39 is 32.6 Å². The van der Waals surface area contributed by atoms with Crippen molar-refractivity contribution in [2.45, 2.75) is 96.6 Å². The van der Waals surface area contributed by atoms with Gasteiger partial charge in [0.05, 0.1) is 19.8 Å². The highest BCUT2D eigenvalue weighted by molar-refractivity contribution is 6.77. The number of rotatable bonds is 17. The summed E-state index contributed by atoms with van der Waals surface area (Å²) in [5.41, 5.74) is 4.13. The molecule has 0 unspecified atom stereocenters. The first-order valence-corrected chi connectivity index (χ1v) is 17.7. The van der Waals surface area contributed by atoms with E-state index in [2.05, 4.69) is 65.8 Å². The second kappa shape index (κ2) is 17.3. The van der Waals surface area contributed by atoms with Crippen molar-refractivity contribution in [2.24, 2.45) is 0 Å². The van der Waals surface area contributed by atoms with Crippen LogP contribution in [0.1, 0.15) is 71.3 Å². The van der Waals surface area contributed by atoms with Gasteiger partial charge in [0.25, 0.3) is 0 Å². The highest BCUT2D eigenvalue weighted by atomic mass is 28.4. The highest BCUT2D eigenvalue weighted by Gasteiger charge is 2.49. The zero-order valence-electron chi connectivity index (χ0n) is 26.9. The van der Waals surface area contributed by atoms with Crippen molar-refractivity contribution >= 4 is 14.3 Å². The third-order valence-electron chi connectivity index (χ3n) is 8.06. The Morgan fingerprint density at radius 3 is 1.63 bits per heavy atom. The summed E-state index contributed by atoms with van der Waals surface area (Å²) >= 11 is 0. The van der Waals surface area contributed by atoms with Gasteiger partial charge in [0, 0.05) is 6.08 Å². The molecule has 0 spiro atoms. The molecule has 3 rings (SSSR count). The second-order valence-electron chi connectivity index (χ2n) is 11.9. The molecule has 0 aliphatic carbocycles. The average molecular weight is 603 g/mol. The van der Waals surface area contributed by atoms with Gasteiger partial charge in [0.1, 0.15) is 18.3 Å². The van der Waals surface area contributed by atoms with Crippen molar-refractivity contribution in [3.05, 3.63) is 120 Å². The van der Waals surface area contributed by atoms with E-state index in [-0.39, 0.29) is 0 Å². The van der Waals surface area contributed by atoms with Gasteiger partial charge < -0.3 is 18.6 Å². The van der Waals surface area contributed by atoms with E-state index >= 15 is 0 Å². The van der Waals surface area contributed by atoms with Crippen LogP contribution >= 0.6 is 0 Å². The van der Waals surface area contributed by atoms with Crippen molar-refractivity contribution < 1.29 is 23.4 Å². The molecule has 0 fully saturated rings. The van der Waals surface area contributed by atoms with E-state index in [9.17, 15) is 4.79 Å². The quantitative estimate of drug-likeness (QED) is 0.0876. The number of hydrogen-bond acceptors (Lipinski definition) is 5. The van der Waals surface area contributed by atoms with Crippen LogP contribution in [-0.2, 0) is 36.6 Å². The predicted octanol–water partition coefficient (Wildman–Crippen LogP) is 9.21. The molecule has 0 amide bonds. The third-order valence-corrected chi connectivity index (χ3v) is 14.2. The molecular formula is C37H50O5Si. The molecule has 232 valence electrons. The molecule has 0 radical (unpaired) electrons. The minimum Gasteiger partial charge on any atom is -0.463 e. The minimum atomic E-state index is -2.45. The summed E-state index contributed by atoms with van der Waals surface area (Å²) in [6.45, 7) is 16.5. The number of esters is 1. The number of carbonyl (C=O) groups is 1. The summed E-state index contributed by atoms with van der Waals surface area (Å²) < 4.78 is 26.3. The van der Waals surface area contributed by atoms with Crippen LogP contribution in [0.3, 0.4) is 0 Å². The lowest BCUT2D eigenvalue weighted by Gasteiger charge is -2.47. The van der Waals surface area contributed by atoms with E-state index in [0.29, 0.717) is 36.4 Å². The summed E-state index contributed by atoms with van der Waals surface area (Å²) in [5.74, 6) is -0.406. The van der Waals surface area contributed by atoms with Gasteiger partial charge in [-0.3, -0.25) is 0 Å². The number of hydrogen-bond donors (Lipinski definition) is 0. The summed E-state index contributed by atoms with van der Waals surface area (Å²) in [6, 6.07) is 30.5. The van der Waals surface area contributed by atoms with Crippen LogP contribution in [0.5, 0.6) is 0 Å². The first-order chi connectivity index (χ1) is 20.7. The largest absolute Gasteiger partial charge is 0.463 e. The normalized spacial score (nSPS) is 14.4. The molecule has 0 N–H and O–H groups in total. The Bertz CT molecular complexity index is 1210. The molecule has 0 aromatic heterocycles. The van der Waals surface area contributed by atoms with Gasteiger partial charge in [0.15, 0.2) is 0 Å². The molecule has 43 heavy (non-hydrogen) atoms. The lowest BCUT2D eigenvalue weighted by Crippen LogP contribution is -2.54. The maximum absolute atomic E-state index is 12.6. The van der Waals surface area contributed by atoms with Crippen molar-refractivity contribution in [1.29, 1.82) is 0 Å². The maximum atomic E-state index is 12.6. The van der Waals surface area contributed by atoms with Gasteiger partial charge >= 0.3 is 5.97 Å². The van der Waals surface area contributed by atoms with Gasteiger partial charge in [0.2, 0.25) is 8.32 Å². The van der Waals surface area contributed by atoms with Crippen LogP contribution < -0.4 is 0 Å². The molecule has 0 heterocycles. The summed E-state index contributed by atoms with van der Waals surface area (Å²) in [5, 5.41) is 0. The van der Waals surface area contributed by atoms with E-state index in [0.717, 1.165) is 16.7 Å². The van der Waals surface area contributed by atoms with Gasteiger partial charge in [-0.25, -0.2) is 4.79 Å². The molecule has 5 nitrogen and oxygen atoms in total. The van der Waals surface area contributed by atoms with Crippen molar-refractivity contribution in [2.75, 3.05) is 6.61 Å². The fourth-order valence-corrected chi connectivity index (χ4v) is 11.7. The Labute approximate surface area is 260 Å². The SMILES string of the molecule is CCOC(=O)/C=C/[C@@H](OCc1ccccc1)[C@H](O[Si](C(C)C)(C(C)C)C(C)C)[C@H](OCc1ccccc1)c1ccccc1. The topological polar surface area (TPSA) is 54.0 Å². The zero-order valence-corrected chi connectivity index (χ0v) is 27.9. The second-order valence-corrected chi connectivity index (χ2v) is 17.3. The first kappa shape index (κ1) is 34.5. The lowest BCUT2D eigenvalue weighted by molar-refractivity contribution is -0.137. The van der Waals surface area contributed by atoms with Crippen LogP contribution in [-0.4, -0.2) is 33.1 Å². The van der Waals surface area contributed by atoms with E-state index in [1.54, 1.807) is 13.0 Å². The Kier molecular flexibility index (Phi) is 13.9. The standard InChI is InChI=1S/C37H50O5Si/c1-8-39-35(38)25-24-34(40-26-31-18-12-9-13-19-31)37(42-43(28(2)3,29(4)5)30(6)7)36(33-22-16-11-17-23-33)41-27-32-20-14-10-15-21-32/h9-25,28-30,34,36-37H,8,26-27H2,1-7H3/b25-24+/t34-,36-,37+/m1/s1. The Hall–Kier alpha value is -3.03. The number of carbonyl (C=O) groups excluding carboxylic acids is 1. The first-order valence-electron chi connectivity index (χ1n) is 15.6. The Morgan fingerprint density at radius 1 is 0.698 bits per heavy atom. The maximum Gasteiger partial charge on any atom is 0.330 e. The molecular weight excluding hydrogens is 552 g/mol. The van der Waals surface area contributed by atoms with Crippen molar-refractivity contribution in [3.8, 4) is 0 Å². The molecule has 0 bridgehead atoms. The monoisotopic (exact) mass is 602 g/mol. The predicted molar refractivity (Wildman–Crippen MR) is 177 cm³/mol. The van der Waals surface area contributed by atoms with E-state index in [1.807, 2.05) is 66.7 Å². The number of benzene rings is 3. The minimum absolute atomic E-state index is 0.301. The van der Waals surface area contributed by atoms with Gasteiger partial charge in [-0.1, -0.05) is 133 Å². The molecule has 3 aromatic carbocycles. The van der Waals surface area contributed by atoms with E-state index in [4.69, 9.17) is 18.6 Å². The molecule has 3 atom stereocenters. The Morgan fingerprint density at radius 2 is 1.16 bits per heavy atom. The lowest BCUT2D eigenvalue weighted by atomic mass is 9.99. The van der Waals surface area contributed by atoms with Crippen LogP contribution in [0, 0.1) is 0 Å². The van der Waals surface area contributed by atoms with Gasteiger partial charge in [-0.2, -0.15) is 0 Å². The molecule has 0 aliphatic heterocycles.